The first kappa shape index (κ1) is 29.5. The summed E-state index contributed by atoms with van der Waals surface area (Å²) in [4.78, 5) is 14.4. The number of hydrogen-bond donors (Lipinski definition) is 1. The molecule has 0 spiro atoms. The lowest BCUT2D eigenvalue weighted by Gasteiger charge is -2.29. The van der Waals surface area contributed by atoms with Crippen LogP contribution in [-0.2, 0) is 21.0 Å². The minimum Gasteiger partial charge on any atom is -0.372 e. The molecule has 0 fully saturated rings. The smallest absolute Gasteiger partial charge is 0.372 e. The molecule has 0 aliphatic carbocycles. The number of halogens is 4. The van der Waals surface area contributed by atoms with E-state index in [-0.39, 0.29) is 5.02 Å². The molecule has 3 rings (SSSR count). The largest absolute Gasteiger partial charge is 0.416 e. The second kappa shape index (κ2) is 12.2. The Morgan fingerprint density at radius 1 is 0.974 bits per heavy atom. The van der Waals surface area contributed by atoms with Crippen LogP contribution in [0.25, 0.3) is 0 Å². The minimum absolute atomic E-state index is 0.379. The summed E-state index contributed by atoms with van der Waals surface area (Å²) in [7, 11) is -4.64. The third-order valence-electron chi connectivity index (χ3n) is 6.14. The summed E-state index contributed by atoms with van der Waals surface area (Å²) >= 11 is 6.08. The van der Waals surface area contributed by atoms with Crippen molar-refractivity contribution in [2.75, 3.05) is 29.9 Å². The predicted molar refractivity (Wildman–Crippen MR) is 144 cm³/mol. The van der Waals surface area contributed by atoms with E-state index in [1.165, 1.54) is 0 Å². The number of sulfonamides is 1. The van der Waals surface area contributed by atoms with Gasteiger partial charge < -0.3 is 10.2 Å². The molecule has 0 heterocycles. The molecule has 0 bridgehead atoms. The van der Waals surface area contributed by atoms with E-state index in [4.69, 9.17) is 11.6 Å². The molecule has 1 N–H and O–H groups in total. The van der Waals surface area contributed by atoms with E-state index in [0.717, 1.165) is 29.1 Å². The van der Waals surface area contributed by atoms with Crippen LogP contribution in [0, 0.1) is 0 Å². The molecule has 3 aromatic carbocycles. The van der Waals surface area contributed by atoms with Gasteiger partial charge in [0.15, 0.2) is 0 Å². The van der Waals surface area contributed by atoms with Gasteiger partial charge in [0.05, 0.1) is 17.1 Å². The Kier molecular flexibility index (Phi) is 9.45. The normalized spacial score (nSPS) is 12.8. The van der Waals surface area contributed by atoms with Crippen LogP contribution >= 0.6 is 11.6 Å². The highest BCUT2D eigenvalue weighted by Gasteiger charge is 2.37. The summed E-state index contributed by atoms with van der Waals surface area (Å²) in [6, 6.07) is 16.8. The Morgan fingerprint density at radius 2 is 1.58 bits per heavy atom. The van der Waals surface area contributed by atoms with E-state index in [2.05, 4.69) is 10.2 Å². The number of nitrogens with zero attached hydrogens (tertiary/aromatic N) is 2. The Morgan fingerprint density at radius 3 is 2.13 bits per heavy atom. The Balaban J connectivity index is 1.95. The van der Waals surface area contributed by atoms with Crippen LogP contribution < -0.4 is 10.2 Å². The van der Waals surface area contributed by atoms with Crippen molar-refractivity contribution in [1.82, 2.24) is 4.31 Å². The highest BCUT2D eigenvalue weighted by molar-refractivity contribution is 7.89. The fourth-order valence-electron chi connectivity index (χ4n) is 4.02. The van der Waals surface area contributed by atoms with Crippen molar-refractivity contribution in [2.45, 2.75) is 37.9 Å². The first-order chi connectivity index (χ1) is 17.9. The van der Waals surface area contributed by atoms with Crippen LogP contribution in [0.5, 0.6) is 0 Å². The number of rotatable bonds is 10. The summed E-state index contributed by atoms with van der Waals surface area (Å²) < 4.78 is 68.4. The molecule has 204 valence electrons. The van der Waals surface area contributed by atoms with Crippen molar-refractivity contribution in [1.29, 1.82) is 0 Å². The maximum Gasteiger partial charge on any atom is 0.416 e. The van der Waals surface area contributed by atoms with E-state index in [1.807, 2.05) is 26.0 Å². The maximum atomic E-state index is 13.7. The molecule has 0 aromatic heterocycles. The molecule has 0 aliphatic heterocycles. The monoisotopic (exact) mass is 567 g/mol. The van der Waals surface area contributed by atoms with Crippen LogP contribution in [-0.4, -0.2) is 38.3 Å². The molecule has 38 heavy (non-hydrogen) atoms. The van der Waals surface area contributed by atoms with Gasteiger partial charge in [-0.25, -0.2) is 8.42 Å². The summed E-state index contributed by atoms with van der Waals surface area (Å²) in [5.74, 6) is -0.657. The van der Waals surface area contributed by atoms with Gasteiger partial charge >= 0.3 is 6.18 Å². The highest BCUT2D eigenvalue weighted by atomic mass is 35.5. The van der Waals surface area contributed by atoms with Crippen LogP contribution in [0.2, 0.25) is 5.02 Å². The topological polar surface area (TPSA) is 69.7 Å². The first-order valence-corrected chi connectivity index (χ1v) is 13.8. The molecular weight excluding hydrogens is 539 g/mol. The second-order valence-corrected chi connectivity index (χ2v) is 10.8. The lowest BCUT2D eigenvalue weighted by atomic mass is 10.1. The van der Waals surface area contributed by atoms with Gasteiger partial charge in [-0.05, 0) is 68.8 Å². The summed E-state index contributed by atoms with van der Waals surface area (Å²) in [5, 5.41) is 2.30. The van der Waals surface area contributed by atoms with Gasteiger partial charge in [-0.1, -0.05) is 41.9 Å². The quantitative estimate of drug-likeness (QED) is 0.300. The predicted octanol–water partition coefficient (Wildman–Crippen LogP) is 6.60. The molecule has 1 atom stereocenters. The van der Waals surface area contributed by atoms with E-state index in [0.29, 0.717) is 23.4 Å². The number of carbonyl (C=O) groups excluding carboxylic acids is 1. The van der Waals surface area contributed by atoms with Gasteiger partial charge in [-0.3, -0.25) is 4.79 Å². The standard InChI is InChI=1S/C27H29ClF3N3O3S/c1-4-33(5-2)23-14-12-22(13-15-23)32-26(35)18-34(19(3)20-9-7-6-8-10-20)38(36,37)25-17-21(27(29,30)31)11-16-24(25)28/h6-17,19H,4-5,18H2,1-3H3,(H,32,35)/t19-/m0/s1. The minimum atomic E-state index is -4.78. The van der Waals surface area contributed by atoms with E-state index in [9.17, 15) is 26.4 Å². The lowest BCUT2D eigenvalue weighted by molar-refractivity contribution is -0.137. The Hall–Kier alpha value is -3.08. The number of carbonyl (C=O) groups is 1. The van der Waals surface area contributed by atoms with Crippen molar-refractivity contribution >= 4 is 38.9 Å². The Labute approximate surface area is 226 Å². The molecule has 0 saturated carbocycles. The average Bonchev–Trinajstić information content (AvgIpc) is 2.88. The number of nitrogens with one attached hydrogen (secondary N) is 1. The van der Waals surface area contributed by atoms with Crippen molar-refractivity contribution in [2.24, 2.45) is 0 Å². The molecule has 11 heteroatoms. The van der Waals surface area contributed by atoms with Gasteiger partial charge in [0.1, 0.15) is 4.90 Å². The van der Waals surface area contributed by atoms with E-state index >= 15 is 0 Å². The molecule has 3 aromatic rings. The molecule has 1 amide bonds. The van der Waals surface area contributed by atoms with E-state index in [1.54, 1.807) is 49.4 Å². The zero-order valence-corrected chi connectivity index (χ0v) is 22.7. The highest BCUT2D eigenvalue weighted by Crippen LogP contribution is 2.36. The van der Waals surface area contributed by atoms with Gasteiger partial charge in [0.2, 0.25) is 15.9 Å². The molecule has 0 unspecified atom stereocenters. The third kappa shape index (κ3) is 6.86. The number of benzene rings is 3. The molecule has 0 radical (unpaired) electrons. The fraction of sp³-hybridized carbons (Fsp3) is 0.296. The van der Waals surface area contributed by atoms with Crippen molar-refractivity contribution in [3.8, 4) is 0 Å². The fourth-order valence-corrected chi connectivity index (χ4v) is 6.10. The van der Waals surface area contributed by atoms with Crippen molar-refractivity contribution < 1.29 is 26.4 Å². The first-order valence-electron chi connectivity index (χ1n) is 12.0. The Bertz CT molecular complexity index is 1350. The molecule has 0 saturated heterocycles. The lowest BCUT2D eigenvalue weighted by Crippen LogP contribution is -2.40. The van der Waals surface area contributed by atoms with Crippen LogP contribution in [0.1, 0.15) is 37.9 Å². The number of alkyl halides is 3. The zero-order valence-electron chi connectivity index (χ0n) is 21.2. The van der Waals surface area contributed by atoms with Gasteiger partial charge in [-0.15, -0.1) is 0 Å². The molecular formula is C27H29ClF3N3O3S. The van der Waals surface area contributed by atoms with Gasteiger partial charge in [0.25, 0.3) is 0 Å². The SMILES string of the molecule is CCN(CC)c1ccc(NC(=O)CN([C@@H](C)c2ccccc2)S(=O)(=O)c2cc(C(F)(F)F)ccc2Cl)cc1. The average molecular weight is 568 g/mol. The number of hydrogen-bond acceptors (Lipinski definition) is 4. The van der Waals surface area contributed by atoms with Gasteiger partial charge in [-0.2, -0.15) is 17.5 Å². The molecule has 0 aliphatic rings. The summed E-state index contributed by atoms with van der Waals surface area (Å²) in [6.45, 7) is 6.58. The van der Waals surface area contributed by atoms with Crippen LogP contribution in [0.4, 0.5) is 24.5 Å². The second-order valence-electron chi connectivity index (χ2n) is 8.55. The maximum absolute atomic E-state index is 13.7. The number of amides is 1. The van der Waals surface area contributed by atoms with Crippen LogP contribution in [0.3, 0.4) is 0 Å². The van der Waals surface area contributed by atoms with Crippen LogP contribution in [0.15, 0.2) is 77.7 Å². The molecule has 6 nitrogen and oxygen atoms in total. The van der Waals surface area contributed by atoms with Crippen molar-refractivity contribution in [3.05, 3.63) is 88.9 Å². The summed E-state index contributed by atoms with van der Waals surface area (Å²) in [6.07, 6.45) is -4.78. The summed E-state index contributed by atoms with van der Waals surface area (Å²) in [5.41, 5.74) is 0.808. The third-order valence-corrected chi connectivity index (χ3v) is 8.54. The number of anilines is 2. The van der Waals surface area contributed by atoms with E-state index < -0.39 is 45.2 Å². The van der Waals surface area contributed by atoms with Gasteiger partial charge in [0, 0.05) is 30.5 Å². The zero-order chi connectivity index (χ0) is 28.1. The van der Waals surface area contributed by atoms with Crippen molar-refractivity contribution in [3.63, 3.8) is 0 Å².